The number of aromatic nitrogens is 3. The van der Waals surface area contributed by atoms with Crippen LogP contribution in [0.2, 0.25) is 0 Å². The summed E-state index contributed by atoms with van der Waals surface area (Å²) in [5, 5.41) is 3.37. The second-order valence-electron chi connectivity index (χ2n) is 3.92. The van der Waals surface area contributed by atoms with Crippen LogP contribution in [0.5, 0.6) is 0 Å². The van der Waals surface area contributed by atoms with E-state index in [1.54, 1.807) is 6.20 Å². The van der Waals surface area contributed by atoms with E-state index in [-0.39, 0.29) is 6.04 Å². The van der Waals surface area contributed by atoms with Gasteiger partial charge in [0.1, 0.15) is 11.6 Å². The van der Waals surface area contributed by atoms with Gasteiger partial charge in [-0.1, -0.05) is 6.92 Å². The first-order valence-corrected chi connectivity index (χ1v) is 6.38. The van der Waals surface area contributed by atoms with E-state index >= 15 is 0 Å². The molecule has 5 heteroatoms. The maximum absolute atomic E-state index is 4.38. The number of pyridine rings is 1. The maximum atomic E-state index is 4.38. The van der Waals surface area contributed by atoms with E-state index in [0.717, 1.165) is 28.1 Å². The van der Waals surface area contributed by atoms with Gasteiger partial charge in [0, 0.05) is 18.6 Å². The smallest absolute Gasteiger partial charge is 0.140 e. The van der Waals surface area contributed by atoms with Gasteiger partial charge >= 0.3 is 0 Å². The van der Waals surface area contributed by atoms with Crippen molar-refractivity contribution < 1.29 is 0 Å². The number of hydrogen-bond acceptors (Lipinski definition) is 3. The molecule has 90 valence electrons. The molecule has 0 radical (unpaired) electrons. The van der Waals surface area contributed by atoms with Crippen molar-refractivity contribution in [2.75, 3.05) is 5.32 Å². The van der Waals surface area contributed by atoms with Crippen LogP contribution < -0.4 is 5.32 Å². The first-order chi connectivity index (χ1) is 8.20. The number of rotatable bonds is 4. The monoisotopic (exact) mass is 294 g/mol. The van der Waals surface area contributed by atoms with Crippen LogP contribution in [-0.2, 0) is 0 Å². The molecule has 0 saturated heterocycles. The molecular formula is C12H15BrN4. The summed E-state index contributed by atoms with van der Waals surface area (Å²) in [5.74, 6) is 1.78. The lowest BCUT2D eigenvalue weighted by molar-refractivity contribution is 0.699. The van der Waals surface area contributed by atoms with Crippen LogP contribution in [0, 0.1) is 6.92 Å². The quantitative estimate of drug-likeness (QED) is 0.908. The van der Waals surface area contributed by atoms with Crippen molar-refractivity contribution >= 4 is 21.7 Å². The SMILES string of the molecule is CCC(Nc1ncc(C)cc1Br)c1ncc[nH]1. The van der Waals surface area contributed by atoms with E-state index in [9.17, 15) is 0 Å². The molecule has 2 heterocycles. The van der Waals surface area contributed by atoms with Crippen LogP contribution in [0.25, 0.3) is 0 Å². The fourth-order valence-electron chi connectivity index (χ4n) is 1.64. The lowest BCUT2D eigenvalue weighted by Gasteiger charge is -2.16. The van der Waals surface area contributed by atoms with Crippen molar-refractivity contribution in [1.29, 1.82) is 0 Å². The molecule has 1 atom stereocenters. The molecule has 0 aliphatic heterocycles. The fraction of sp³-hybridized carbons (Fsp3) is 0.333. The Morgan fingerprint density at radius 1 is 1.47 bits per heavy atom. The van der Waals surface area contributed by atoms with Gasteiger partial charge in [-0.15, -0.1) is 0 Å². The summed E-state index contributed by atoms with van der Waals surface area (Å²) in [6, 6.07) is 2.20. The molecule has 0 aliphatic carbocycles. The third kappa shape index (κ3) is 2.85. The number of aromatic amines is 1. The molecule has 2 aromatic rings. The lowest BCUT2D eigenvalue weighted by atomic mass is 10.2. The summed E-state index contributed by atoms with van der Waals surface area (Å²) in [5.41, 5.74) is 1.13. The molecule has 0 saturated carbocycles. The van der Waals surface area contributed by atoms with E-state index in [2.05, 4.69) is 43.1 Å². The topological polar surface area (TPSA) is 53.6 Å². The second-order valence-corrected chi connectivity index (χ2v) is 4.78. The Hall–Kier alpha value is -1.36. The normalized spacial score (nSPS) is 12.4. The van der Waals surface area contributed by atoms with Crippen molar-refractivity contribution in [1.82, 2.24) is 15.0 Å². The average molecular weight is 295 g/mol. The van der Waals surface area contributed by atoms with Gasteiger partial charge in [-0.2, -0.15) is 0 Å². The molecule has 0 fully saturated rings. The molecule has 4 nitrogen and oxygen atoms in total. The number of anilines is 1. The van der Waals surface area contributed by atoms with Crippen LogP contribution in [0.15, 0.2) is 29.1 Å². The molecule has 0 spiro atoms. The van der Waals surface area contributed by atoms with Gasteiger partial charge in [-0.25, -0.2) is 9.97 Å². The summed E-state index contributed by atoms with van der Waals surface area (Å²) in [6.07, 6.45) is 6.38. The van der Waals surface area contributed by atoms with Crippen LogP contribution in [0.4, 0.5) is 5.82 Å². The molecule has 0 bridgehead atoms. The zero-order valence-electron chi connectivity index (χ0n) is 9.87. The molecular weight excluding hydrogens is 280 g/mol. The van der Waals surface area contributed by atoms with Crippen molar-refractivity contribution in [2.24, 2.45) is 0 Å². The van der Waals surface area contributed by atoms with Crippen molar-refractivity contribution in [3.63, 3.8) is 0 Å². The minimum absolute atomic E-state index is 0.150. The first-order valence-electron chi connectivity index (χ1n) is 5.58. The Kier molecular flexibility index (Phi) is 3.78. The first kappa shape index (κ1) is 12.1. The largest absolute Gasteiger partial charge is 0.359 e. The summed E-state index contributed by atoms with van der Waals surface area (Å²) < 4.78 is 0.975. The lowest BCUT2D eigenvalue weighted by Crippen LogP contribution is -2.12. The van der Waals surface area contributed by atoms with Crippen LogP contribution in [-0.4, -0.2) is 15.0 Å². The molecule has 0 aliphatic rings. The summed E-state index contributed by atoms with van der Waals surface area (Å²) in [7, 11) is 0. The highest BCUT2D eigenvalue weighted by Crippen LogP contribution is 2.25. The number of hydrogen-bond donors (Lipinski definition) is 2. The van der Waals surface area contributed by atoms with Gasteiger partial charge < -0.3 is 10.3 Å². The Morgan fingerprint density at radius 2 is 2.29 bits per heavy atom. The number of halogens is 1. The van der Waals surface area contributed by atoms with Crippen LogP contribution in [0.1, 0.15) is 30.8 Å². The minimum Gasteiger partial charge on any atom is -0.359 e. The Morgan fingerprint density at radius 3 is 2.88 bits per heavy atom. The predicted octanol–water partition coefficient (Wildman–Crippen LogP) is 3.44. The van der Waals surface area contributed by atoms with E-state index in [4.69, 9.17) is 0 Å². The number of imidazole rings is 1. The molecule has 0 amide bonds. The van der Waals surface area contributed by atoms with E-state index in [1.165, 1.54) is 0 Å². The third-order valence-electron chi connectivity index (χ3n) is 2.55. The summed E-state index contributed by atoms with van der Waals surface area (Å²) in [4.78, 5) is 11.8. The second kappa shape index (κ2) is 5.31. The Balaban J connectivity index is 2.19. The standard InChI is InChI=1S/C12H15BrN4/c1-3-10(12-14-4-5-15-12)17-11-9(13)6-8(2)7-16-11/h4-7,10H,3H2,1-2H3,(H,14,15)(H,16,17). The number of H-pyrrole nitrogens is 1. The molecule has 17 heavy (non-hydrogen) atoms. The molecule has 2 aromatic heterocycles. The van der Waals surface area contributed by atoms with Gasteiger partial charge in [0.2, 0.25) is 0 Å². The van der Waals surface area contributed by atoms with Gasteiger partial charge in [0.05, 0.1) is 10.5 Å². The molecule has 0 aromatic carbocycles. The molecule has 2 N–H and O–H groups in total. The zero-order valence-corrected chi connectivity index (χ0v) is 11.5. The summed E-state index contributed by atoms with van der Waals surface area (Å²) in [6.45, 7) is 4.13. The summed E-state index contributed by atoms with van der Waals surface area (Å²) >= 11 is 3.51. The van der Waals surface area contributed by atoms with Crippen LogP contribution in [0.3, 0.4) is 0 Å². The van der Waals surface area contributed by atoms with E-state index in [1.807, 2.05) is 25.4 Å². The predicted molar refractivity (Wildman–Crippen MR) is 71.9 cm³/mol. The van der Waals surface area contributed by atoms with Gasteiger partial charge in [-0.3, -0.25) is 0 Å². The zero-order chi connectivity index (χ0) is 12.3. The van der Waals surface area contributed by atoms with Crippen molar-refractivity contribution in [2.45, 2.75) is 26.3 Å². The minimum atomic E-state index is 0.150. The van der Waals surface area contributed by atoms with E-state index < -0.39 is 0 Å². The van der Waals surface area contributed by atoms with Gasteiger partial charge in [-0.05, 0) is 40.9 Å². The number of aryl methyl sites for hydroxylation is 1. The van der Waals surface area contributed by atoms with Gasteiger partial charge in [0.15, 0.2) is 0 Å². The van der Waals surface area contributed by atoms with Crippen molar-refractivity contribution in [3.8, 4) is 0 Å². The van der Waals surface area contributed by atoms with Gasteiger partial charge in [0.25, 0.3) is 0 Å². The van der Waals surface area contributed by atoms with Crippen molar-refractivity contribution in [3.05, 3.63) is 40.5 Å². The number of nitrogens with one attached hydrogen (secondary N) is 2. The Labute approximate surface area is 109 Å². The average Bonchev–Trinajstić information content (AvgIpc) is 2.81. The molecule has 1 unspecified atom stereocenters. The molecule has 2 rings (SSSR count). The highest BCUT2D eigenvalue weighted by atomic mass is 79.9. The van der Waals surface area contributed by atoms with E-state index in [0.29, 0.717) is 0 Å². The third-order valence-corrected chi connectivity index (χ3v) is 3.15. The number of nitrogens with zero attached hydrogens (tertiary/aromatic N) is 2. The highest BCUT2D eigenvalue weighted by molar-refractivity contribution is 9.10. The fourth-order valence-corrected chi connectivity index (χ4v) is 2.21. The van der Waals surface area contributed by atoms with Crippen LogP contribution >= 0.6 is 15.9 Å². The maximum Gasteiger partial charge on any atom is 0.140 e. The Bertz CT molecular complexity index is 481. The highest BCUT2D eigenvalue weighted by Gasteiger charge is 2.13.